The molecule has 1 unspecified atom stereocenters. The molecule has 0 bridgehead atoms. The second kappa shape index (κ2) is 13.9. The van der Waals surface area contributed by atoms with Crippen LogP contribution in [0.2, 0.25) is 0 Å². The molecule has 0 fully saturated rings. The molecule has 0 aliphatic carbocycles. The van der Waals surface area contributed by atoms with Gasteiger partial charge in [-0.25, -0.2) is 0 Å². The molecule has 1 atom stereocenters. The Kier molecular flexibility index (Phi) is 13.1. The van der Waals surface area contributed by atoms with Crippen LogP contribution in [0.3, 0.4) is 0 Å². The fourth-order valence-electron chi connectivity index (χ4n) is 2.24. The van der Waals surface area contributed by atoms with Gasteiger partial charge in [0.05, 0.1) is 6.42 Å². The Labute approximate surface area is 128 Å². The van der Waals surface area contributed by atoms with Crippen molar-refractivity contribution in [3.05, 3.63) is 0 Å². The molecule has 0 rings (SSSR count). The van der Waals surface area contributed by atoms with Crippen LogP contribution < -0.4 is 11.5 Å². The Balaban J connectivity index is 3.38. The molecule has 5 heteroatoms. The van der Waals surface area contributed by atoms with E-state index in [4.69, 9.17) is 16.2 Å². The second-order valence-corrected chi connectivity index (χ2v) is 5.61. The van der Waals surface area contributed by atoms with Crippen molar-refractivity contribution in [2.75, 3.05) is 6.61 Å². The van der Waals surface area contributed by atoms with Crippen LogP contribution in [0, 0.1) is 0 Å². The van der Waals surface area contributed by atoms with Gasteiger partial charge in [-0.1, -0.05) is 64.7 Å². The molecule has 0 aliphatic heterocycles. The van der Waals surface area contributed by atoms with Crippen LogP contribution >= 0.6 is 0 Å². The highest BCUT2D eigenvalue weighted by Crippen LogP contribution is 2.10. The van der Waals surface area contributed by atoms with Gasteiger partial charge in [-0.05, 0) is 6.42 Å². The van der Waals surface area contributed by atoms with Gasteiger partial charge in [0, 0.05) is 6.61 Å². The van der Waals surface area contributed by atoms with E-state index in [1.54, 1.807) is 0 Å². The van der Waals surface area contributed by atoms with Gasteiger partial charge in [0.2, 0.25) is 11.8 Å². The Morgan fingerprint density at radius 3 is 1.76 bits per heavy atom. The number of hydrogen-bond acceptors (Lipinski definition) is 3. The van der Waals surface area contributed by atoms with E-state index in [-0.39, 0.29) is 6.42 Å². The molecule has 0 aliphatic rings. The summed E-state index contributed by atoms with van der Waals surface area (Å²) in [5.74, 6) is -1.19. The van der Waals surface area contributed by atoms with Crippen molar-refractivity contribution in [1.82, 2.24) is 0 Å². The molecular formula is C16H32N2O3. The Morgan fingerprint density at radius 2 is 1.33 bits per heavy atom. The highest BCUT2D eigenvalue weighted by molar-refractivity contribution is 5.85. The summed E-state index contributed by atoms with van der Waals surface area (Å²) in [5, 5.41) is 0. The van der Waals surface area contributed by atoms with Crippen LogP contribution in [0.4, 0.5) is 0 Å². The predicted molar refractivity (Wildman–Crippen MR) is 84.6 cm³/mol. The maximum absolute atomic E-state index is 11.0. The van der Waals surface area contributed by atoms with E-state index in [1.165, 1.54) is 51.4 Å². The first-order valence-electron chi connectivity index (χ1n) is 8.27. The van der Waals surface area contributed by atoms with Crippen molar-refractivity contribution < 1.29 is 14.3 Å². The zero-order valence-corrected chi connectivity index (χ0v) is 13.4. The van der Waals surface area contributed by atoms with Crippen molar-refractivity contribution >= 4 is 11.8 Å². The maximum Gasteiger partial charge on any atom is 0.247 e. The largest absolute Gasteiger partial charge is 0.370 e. The molecule has 0 spiro atoms. The van der Waals surface area contributed by atoms with Crippen molar-refractivity contribution in [3.8, 4) is 0 Å². The van der Waals surface area contributed by atoms with Crippen LogP contribution in [0.15, 0.2) is 0 Å². The van der Waals surface area contributed by atoms with E-state index in [0.717, 1.165) is 12.8 Å². The summed E-state index contributed by atoms with van der Waals surface area (Å²) < 4.78 is 5.31. The molecule has 0 heterocycles. The average Bonchev–Trinajstić information content (AvgIpc) is 2.42. The summed E-state index contributed by atoms with van der Waals surface area (Å²) >= 11 is 0. The number of unbranched alkanes of at least 4 members (excludes halogenated alkanes) is 9. The van der Waals surface area contributed by atoms with E-state index >= 15 is 0 Å². The highest BCUT2D eigenvalue weighted by Gasteiger charge is 2.18. The Morgan fingerprint density at radius 1 is 0.857 bits per heavy atom. The van der Waals surface area contributed by atoms with Gasteiger partial charge in [0.25, 0.3) is 0 Å². The third kappa shape index (κ3) is 13.6. The molecule has 0 aromatic carbocycles. The third-order valence-electron chi connectivity index (χ3n) is 3.52. The van der Waals surface area contributed by atoms with E-state index < -0.39 is 17.9 Å². The zero-order valence-electron chi connectivity index (χ0n) is 13.4. The van der Waals surface area contributed by atoms with Crippen molar-refractivity contribution in [2.24, 2.45) is 11.5 Å². The van der Waals surface area contributed by atoms with Crippen LogP contribution in [0.1, 0.15) is 77.6 Å². The highest BCUT2D eigenvalue weighted by atomic mass is 16.5. The summed E-state index contributed by atoms with van der Waals surface area (Å²) in [6.07, 6.45) is 11.4. The summed E-state index contributed by atoms with van der Waals surface area (Å²) in [6, 6.07) is 0. The summed E-state index contributed by atoms with van der Waals surface area (Å²) in [7, 11) is 0. The van der Waals surface area contributed by atoms with Crippen LogP contribution in [0.5, 0.6) is 0 Å². The minimum absolute atomic E-state index is 0.132. The summed E-state index contributed by atoms with van der Waals surface area (Å²) in [5.41, 5.74) is 10.2. The quantitative estimate of drug-likeness (QED) is 0.455. The van der Waals surface area contributed by atoms with Gasteiger partial charge in [-0.2, -0.15) is 0 Å². The molecule has 4 N–H and O–H groups in total. The zero-order chi connectivity index (χ0) is 15.9. The summed E-state index contributed by atoms with van der Waals surface area (Å²) in [4.78, 5) is 21.8. The third-order valence-corrected chi connectivity index (χ3v) is 3.52. The van der Waals surface area contributed by atoms with Gasteiger partial charge >= 0.3 is 0 Å². The maximum atomic E-state index is 11.0. The number of amides is 2. The molecule has 0 saturated carbocycles. The van der Waals surface area contributed by atoms with Crippen molar-refractivity contribution in [3.63, 3.8) is 0 Å². The molecule has 124 valence electrons. The standard InChI is InChI=1S/C16H32N2O3/c1-2-3-4-5-6-7-8-9-10-11-12-21-14(16(18)20)13-15(17)19/h14H,2-13H2,1H3,(H2,17,19)(H2,18,20). The van der Waals surface area contributed by atoms with Crippen LogP contribution in [0.25, 0.3) is 0 Å². The molecule has 0 saturated heterocycles. The first-order valence-corrected chi connectivity index (χ1v) is 8.27. The molecule has 2 amide bonds. The Bertz CT molecular complexity index is 283. The lowest BCUT2D eigenvalue weighted by Gasteiger charge is -2.12. The van der Waals surface area contributed by atoms with Gasteiger partial charge < -0.3 is 16.2 Å². The normalized spacial score (nSPS) is 12.2. The van der Waals surface area contributed by atoms with Gasteiger partial charge in [0.15, 0.2) is 0 Å². The topological polar surface area (TPSA) is 95.4 Å². The average molecular weight is 300 g/mol. The fraction of sp³-hybridized carbons (Fsp3) is 0.875. The molecule has 0 aromatic heterocycles. The van der Waals surface area contributed by atoms with E-state index in [9.17, 15) is 9.59 Å². The van der Waals surface area contributed by atoms with Gasteiger partial charge in [0.1, 0.15) is 6.10 Å². The Hall–Kier alpha value is -1.10. The van der Waals surface area contributed by atoms with Crippen molar-refractivity contribution in [1.29, 1.82) is 0 Å². The molecular weight excluding hydrogens is 268 g/mol. The minimum atomic E-state index is -0.874. The number of primary amides is 2. The molecule has 0 radical (unpaired) electrons. The van der Waals surface area contributed by atoms with E-state index in [2.05, 4.69) is 6.92 Å². The molecule has 21 heavy (non-hydrogen) atoms. The first kappa shape index (κ1) is 19.9. The SMILES string of the molecule is CCCCCCCCCCCCOC(CC(N)=O)C(N)=O. The lowest BCUT2D eigenvalue weighted by molar-refractivity contribution is -0.134. The lowest BCUT2D eigenvalue weighted by Crippen LogP contribution is -2.35. The number of nitrogens with two attached hydrogens (primary N) is 2. The van der Waals surface area contributed by atoms with Crippen LogP contribution in [-0.4, -0.2) is 24.5 Å². The van der Waals surface area contributed by atoms with Crippen molar-refractivity contribution in [2.45, 2.75) is 83.7 Å². The number of ether oxygens (including phenoxy) is 1. The lowest BCUT2D eigenvalue weighted by atomic mass is 10.1. The number of rotatable bonds is 15. The smallest absolute Gasteiger partial charge is 0.247 e. The summed E-state index contributed by atoms with van der Waals surface area (Å²) in [6.45, 7) is 2.69. The van der Waals surface area contributed by atoms with E-state index in [0.29, 0.717) is 6.61 Å². The molecule has 0 aromatic rings. The van der Waals surface area contributed by atoms with Gasteiger partial charge in [-0.3, -0.25) is 9.59 Å². The monoisotopic (exact) mass is 300 g/mol. The number of carbonyl (C=O) groups excluding carboxylic acids is 2. The number of hydrogen-bond donors (Lipinski definition) is 2. The first-order chi connectivity index (χ1) is 10.1. The van der Waals surface area contributed by atoms with Crippen LogP contribution in [-0.2, 0) is 14.3 Å². The van der Waals surface area contributed by atoms with Gasteiger partial charge in [-0.15, -0.1) is 0 Å². The minimum Gasteiger partial charge on any atom is -0.370 e. The van der Waals surface area contributed by atoms with E-state index in [1.807, 2.05) is 0 Å². The second-order valence-electron chi connectivity index (χ2n) is 5.61. The fourth-order valence-corrected chi connectivity index (χ4v) is 2.24. The number of carbonyl (C=O) groups is 2. The predicted octanol–water partition coefficient (Wildman–Crippen LogP) is 2.65. The molecule has 5 nitrogen and oxygen atoms in total.